The van der Waals surface area contributed by atoms with E-state index >= 15 is 0 Å². The summed E-state index contributed by atoms with van der Waals surface area (Å²) in [5, 5.41) is 6.82. The fourth-order valence-electron chi connectivity index (χ4n) is 3.10. The summed E-state index contributed by atoms with van der Waals surface area (Å²) in [5.74, 6) is 2.37. The summed E-state index contributed by atoms with van der Waals surface area (Å²) in [6.07, 6.45) is -0.260. The molecule has 2 aromatic carbocycles. The molecule has 1 aliphatic rings. The minimum atomic E-state index is -0.260. The van der Waals surface area contributed by atoms with Crippen LogP contribution in [0.2, 0.25) is 0 Å². The van der Waals surface area contributed by atoms with Gasteiger partial charge in [0.05, 0.1) is 23.4 Å². The third-order valence-electron chi connectivity index (χ3n) is 4.74. The van der Waals surface area contributed by atoms with E-state index in [0.717, 1.165) is 11.3 Å². The van der Waals surface area contributed by atoms with Gasteiger partial charge in [0.25, 0.3) is 5.91 Å². The first-order valence-corrected chi connectivity index (χ1v) is 9.42. The molecule has 0 saturated heterocycles. The number of nitrogens with zero attached hydrogens (tertiary/aromatic N) is 1. The molecule has 7 nitrogen and oxygen atoms in total. The Kier molecular flexibility index (Phi) is 5.37. The van der Waals surface area contributed by atoms with E-state index in [9.17, 15) is 4.79 Å². The van der Waals surface area contributed by atoms with Gasteiger partial charge in [0, 0.05) is 0 Å². The summed E-state index contributed by atoms with van der Waals surface area (Å²) < 4.78 is 22.6. The zero-order valence-electron chi connectivity index (χ0n) is 16.3. The Morgan fingerprint density at radius 3 is 2.69 bits per heavy atom. The molecule has 1 N–H and O–H groups in total. The van der Waals surface area contributed by atoms with Crippen LogP contribution in [-0.2, 0) is 6.61 Å². The highest BCUT2D eigenvalue weighted by molar-refractivity contribution is 5.96. The van der Waals surface area contributed by atoms with Crippen LogP contribution in [0.15, 0.2) is 53.1 Å². The SMILES string of the molecule is Cc1noc(C)c1COc1ccccc1C(=O)NC[C@H]1COc2ccccc2O1. The molecule has 1 amide bonds. The van der Waals surface area contributed by atoms with Crippen molar-refractivity contribution in [3.63, 3.8) is 0 Å². The second kappa shape index (κ2) is 8.26. The van der Waals surface area contributed by atoms with E-state index in [2.05, 4.69) is 10.5 Å². The van der Waals surface area contributed by atoms with E-state index < -0.39 is 0 Å². The highest BCUT2D eigenvalue weighted by Crippen LogP contribution is 2.30. The summed E-state index contributed by atoms with van der Waals surface area (Å²) in [7, 11) is 0. The molecule has 3 aromatic rings. The van der Waals surface area contributed by atoms with Gasteiger partial charge in [-0.15, -0.1) is 0 Å². The van der Waals surface area contributed by atoms with Gasteiger partial charge >= 0.3 is 0 Å². The van der Waals surface area contributed by atoms with Gasteiger partial charge in [0.15, 0.2) is 11.5 Å². The molecular weight excluding hydrogens is 372 g/mol. The van der Waals surface area contributed by atoms with Gasteiger partial charge < -0.3 is 24.1 Å². The van der Waals surface area contributed by atoms with Crippen molar-refractivity contribution in [1.82, 2.24) is 10.5 Å². The number of aryl methyl sites for hydroxylation is 2. The van der Waals surface area contributed by atoms with E-state index in [1.807, 2.05) is 44.2 Å². The second-order valence-electron chi connectivity index (χ2n) is 6.80. The van der Waals surface area contributed by atoms with E-state index in [1.54, 1.807) is 18.2 Å². The number of benzene rings is 2. The van der Waals surface area contributed by atoms with Crippen LogP contribution in [0, 0.1) is 13.8 Å². The summed E-state index contributed by atoms with van der Waals surface area (Å²) >= 11 is 0. The first-order chi connectivity index (χ1) is 14.1. The predicted molar refractivity (Wildman–Crippen MR) is 105 cm³/mol. The lowest BCUT2D eigenvalue weighted by Gasteiger charge is -2.26. The first kappa shape index (κ1) is 18.9. The van der Waals surface area contributed by atoms with Crippen LogP contribution in [0.25, 0.3) is 0 Å². The quantitative estimate of drug-likeness (QED) is 0.690. The molecule has 0 saturated carbocycles. The number of carbonyl (C=O) groups is 1. The average Bonchev–Trinajstić information content (AvgIpc) is 3.08. The van der Waals surface area contributed by atoms with Crippen LogP contribution in [-0.4, -0.2) is 30.3 Å². The highest BCUT2D eigenvalue weighted by atomic mass is 16.6. The summed E-state index contributed by atoms with van der Waals surface area (Å²) in [4.78, 5) is 12.7. The van der Waals surface area contributed by atoms with Crippen LogP contribution in [0.3, 0.4) is 0 Å². The molecular formula is C22H22N2O5. The fourth-order valence-corrected chi connectivity index (χ4v) is 3.10. The normalized spacial score (nSPS) is 15.0. The van der Waals surface area contributed by atoms with E-state index in [4.69, 9.17) is 18.7 Å². The molecule has 1 aliphatic heterocycles. The van der Waals surface area contributed by atoms with Crippen LogP contribution in [0.4, 0.5) is 0 Å². The molecule has 1 atom stereocenters. The summed E-state index contributed by atoms with van der Waals surface area (Å²) in [5.41, 5.74) is 2.11. The molecule has 0 aliphatic carbocycles. The molecule has 2 heterocycles. The number of amides is 1. The number of aromatic nitrogens is 1. The fraction of sp³-hybridized carbons (Fsp3) is 0.273. The molecule has 150 valence electrons. The van der Waals surface area contributed by atoms with Crippen LogP contribution in [0.5, 0.6) is 17.2 Å². The van der Waals surface area contributed by atoms with Crippen molar-refractivity contribution < 1.29 is 23.5 Å². The smallest absolute Gasteiger partial charge is 0.255 e. The zero-order valence-corrected chi connectivity index (χ0v) is 16.3. The minimum absolute atomic E-state index is 0.234. The van der Waals surface area contributed by atoms with Gasteiger partial charge in [-0.1, -0.05) is 29.4 Å². The average molecular weight is 394 g/mol. The Hall–Kier alpha value is -3.48. The number of carbonyl (C=O) groups excluding carboxylic acids is 1. The van der Waals surface area contributed by atoms with Crippen LogP contribution in [0.1, 0.15) is 27.4 Å². The summed E-state index contributed by atoms with van der Waals surface area (Å²) in [6, 6.07) is 14.6. The number of hydrogen-bond donors (Lipinski definition) is 1. The number of hydrogen-bond acceptors (Lipinski definition) is 6. The third-order valence-corrected chi connectivity index (χ3v) is 4.74. The lowest BCUT2D eigenvalue weighted by atomic mass is 10.1. The van der Waals surface area contributed by atoms with Crippen LogP contribution < -0.4 is 19.5 Å². The van der Waals surface area contributed by atoms with Crippen molar-refractivity contribution >= 4 is 5.91 Å². The number of ether oxygens (including phenoxy) is 3. The largest absolute Gasteiger partial charge is 0.488 e. The van der Waals surface area contributed by atoms with Gasteiger partial charge in [-0.25, -0.2) is 0 Å². The van der Waals surface area contributed by atoms with Gasteiger partial charge in [-0.3, -0.25) is 4.79 Å². The Morgan fingerprint density at radius 2 is 1.90 bits per heavy atom. The zero-order chi connectivity index (χ0) is 20.2. The molecule has 0 radical (unpaired) electrons. The van der Waals surface area contributed by atoms with Crippen molar-refractivity contribution in [2.75, 3.05) is 13.2 Å². The van der Waals surface area contributed by atoms with Crippen LogP contribution >= 0.6 is 0 Å². The van der Waals surface area contributed by atoms with Crippen molar-refractivity contribution in [2.45, 2.75) is 26.6 Å². The van der Waals surface area contributed by atoms with Crippen molar-refractivity contribution in [3.05, 3.63) is 71.1 Å². The maximum Gasteiger partial charge on any atom is 0.255 e. The molecule has 4 rings (SSSR count). The van der Waals surface area contributed by atoms with E-state index in [0.29, 0.717) is 41.7 Å². The Bertz CT molecular complexity index is 994. The Labute approximate surface area is 168 Å². The summed E-state index contributed by atoms with van der Waals surface area (Å²) in [6.45, 7) is 4.68. The predicted octanol–water partition coefficient (Wildman–Crippen LogP) is 3.44. The maximum atomic E-state index is 12.7. The molecule has 0 spiro atoms. The van der Waals surface area contributed by atoms with Crippen molar-refractivity contribution in [1.29, 1.82) is 0 Å². The second-order valence-corrected chi connectivity index (χ2v) is 6.80. The van der Waals surface area contributed by atoms with E-state index in [-0.39, 0.29) is 18.6 Å². The molecule has 29 heavy (non-hydrogen) atoms. The van der Waals surface area contributed by atoms with Gasteiger partial charge in [0.1, 0.15) is 30.8 Å². The number of para-hydroxylation sites is 3. The van der Waals surface area contributed by atoms with Gasteiger partial charge in [-0.05, 0) is 38.1 Å². The number of fused-ring (bicyclic) bond motifs is 1. The molecule has 0 unspecified atom stereocenters. The molecule has 0 fully saturated rings. The monoisotopic (exact) mass is 394 g/mol. The van der Waals surface area contributed by atoms with Gasteiger partial charge in [-0.2, -0.15) is 0 Å². The van der Waals surface area contributed by atoms with E-state index in [1.165, 1.54) is 0 Å². The standard InChI is InChI=1S/C22H22N2O5/c1-14-18(15(2)29-24-14)13-27-19-8-4-3-7-17(19)22(25)23-11-16-12-26-20-9-5-6-10-21(20)28-16/h3-10,16H,11-13H2,1-2H3,(H,23,25)/t16-/m0/s1. The van der Waals surface area contributed by atoms with Crippen molar-refractivity contribution in [2.24, 2.45) is 0 Å². The highest BCUT2D eigenvalue weighted by Gasteiger charge is 2.22. The molecule has 1 aromatic heterocycles. The number of rotatable bonds is 6. The van der Waals surface area contributed by atoms with Gasteiger partial charge in [0.2, 0.25) is 0 Å². The Balaban J connectivity index is 1.38. The Morgan fingerprint density at radius 1 is 1.14 bits per heavy atom. The first-order valence-electron chi connectivity index (χ1n) is 9.42. The number of nitrogens with one attached hydrogen (secondary N) is 1. The lowest BCUT2D eigenvalue weighted by molar-refractivity contribution is 0.0787. The third kappa shape index (κ3) is 4.18. The maximum absolute atomic E-state index is 12.7. The molecule has 0 bridgehead atoms. The minimum Gasteiger partial charge on any atom is -0.488 e. The molecule has 7 heteroatoms. The lowest BCUT2D eigenvalue weighted by Crippen LogP contribution is -2.40. The van der Waals surface area contributed by atoms with Crippen molar-refractivity contribution in [3.8, 4) is 17.2 Å². The topological polar surface area (TPSA) is 82.8 Å².